The Hall–Kier alpha value is -0.870. The molecule has 1 aliphatic rings. The number of rotatable bonds is 6. The molecule has 1 saturated heterocycles. The molecule has 1 aliphatic heterocycles. The molecule has 0 amide bonds. The molecular weight excluding hydrogens is 214 g/mol. The molecule has 4 heteroatoms. The van der Waals surface area contributed by atoms with Crippen molar-refractivity contribution in [3.63, 3.8) is 0 Å². The lowest BCUT2D eigenvalue weighted by Crippen LogP contribution is -2.42. The molecule has 0 saturated carbocycles. The van der Waals surface area contributed by atoms with Gasteiger partial charge in [0.15, 0.2) is 0 Å². The van der Waals surface area contributed by atoms with Crippen molar-refractivity contribution < 1.29 is 4.74 Å². The van der Waals surface area contributed by atoms with Gasteiger partial charge in [0.25, 0.3) is 0 Å². The molecule has 0 unspecified atom stereocenters. The Labute approximate surface area is 105 Å². The molecule has 4 nitrogen and oxygen atoms in total. The van der Waals surface area contributed by atoms with E-state index in [0.29, 0.717) is 12.5 Å². The maximum atomic E-state index is 5.57. The van der Waals surface area contributed by atoms with Gasteiger partial charge in [0.05, 0.1) is 6.61 Å². The average molecular weight is 239 g/mol. The van der Waals surface area contributed by atoms with Crippen LogP contribution in [-0.4, -0.2) is 50.5 Å². The first-order chi connectivity index (χ1) is 8.24. The molecule has 1 rings (SSSR count). The second-order valence-corrected chi connectivity index (χ2v) is 4.62. The fourth-order valence-corrected chi connectivity index (χ4v) is 1.73. The standard InChI is InChI=1S/C13H25N3O/c1-4-15-13(5-10-17-11-12(2)3)16-8-6-14-7-9-16/h4-5,12,14H,6-11H2,1-3H3/b13-5+,15-4-. The highest BCUT2D eigenvalue weighted by atomic mass is 16.5. The number of aliphatic imine (C=N–C) groups is 1. The van der Waals surface area contributed by atoms with Crippen LogP contribution < -0.4 is 5.32 Å². The highest BCUT2D eigenvalue weighted by Gasteiger charge is 2.11. The number of nitrogens with zero attached hydrogens (tertiary/aromatic N) is 2. The summed E-state index contributed by atoms with van der Waals surface area (Å²) in [6.45, 7) is 11.8. The minimum Gasteiger partial charge on any atom is -0.377 e. The molecule has 17 heavy (non-hydrogen) atoms. The molecule has 0 radical (unpaired) electrons. The van der Waals surface area contributed by atoms with Gasteiger partial charge < -0.3 is 15.0 Å². The summed E-state index contributed by atoms with van der Waals surface area (Å²) >= 11 is 0. The van der Waals surface area contributed by atoms with E-state index in [-0.39, 0.29) is 0 Å². The smallest absolute Gasteiger partial charge is 0.126 e. The lowest BCUT2D eigenvalue weighted by atomic mass is 10.2. The van der Waals surface area contributed by atoms with Crippen molar-refractivity contribution in [1.82, 2.24) is 10.2 Å². The summed E-state index contributed by atoms with van der Waals surface area (Å²) in [4.78, 5) is 6.72. The normalized spacial score (nSPS) is 18.4. The predicted octanol–water partition coefficient (Wildman–Crippen LogP) is 1.50. The van der Waals surface area contributed by atoms with Crippen LogP contribution in [-0.2, 0) is 4.74 Å². The van der Waals surface area contributed by atoms with Gasteiger partial charge in [-0.05, 0) is 18.9 Å². The van der Waals surface area contributed by atoms with Gasteiger partial charge in [-0.25, -0.2) is 4.99 Å². The van der Waals surface area contributed by atoms with Crippen LogP contribution in [0.4, 0.5) is 0 Å². The van der Waals surface area contributed by atoms with Crippen LogP contribution in [0.2, 0.25) is 0 Å². The monoisotopic (exact) mass is 239 g/mol. The van der Waals surface area contributed by atoms with Crippen molar-refractivity contribution in [2.75, 3.05) is 39.4 Å². The molecule has 0 aromatic rings. The van der Waals surface area contributed by atoms with E-state index in [2.05, 4.69) is 35.1 Å². The molecule has 0 spiro atoms. The number of nitrogens with one attached hydrogen (secondary N) is 1. The van der Waals surface area contributed by atoms with E-state index < -0.39 is 0 Å². The van der Waals surface area contributed by atoms with E-state index in [0.717, 1.165) is 38.6 Å². The van der Waals surface area contributed by atoms with Gasteiger partial charge in [-0.2, -0.15) is 0 Å². The maximum absolute atomic E-state index is 5.57. The summed E-state index contributed by atoms with van der Waals surface area (Å²) < 4.78 is 5.57. The Bertz CT molecular complexity index is 255. The summed E-state index contributed by atoms with van der Waals surface area (Å²) in [6.07, 6.45) is 3.92. The van der Waals surface area contributed by atoms with Crippen LogP contribution in [0.15, 0.2) is 16.9 Å². The molecule has 0 aliphatic carbocycles. The minimum atomic E-state index is 0.584. The summed E-state index contributed by atoms with van der Waals surface area (Å²) in [5.74, 6) is 1.62. The summed E-state index contributed by atoms with van der Waals surface area (Å²) in [7, 11) is 0. The second kappa shape index (κ2) is 8.25. The molecule has 98 valence electrons. The van der Waals surface area contributed by atoms with Crippen LogP contribution in [0.1, 0.15) is 20.8 Å². The summed E-state index contributed by atoms with van der Waals surface area (Å²) in [5.41, 5.74) is 0. The van der Waals surface area contributed by atoms with Gasteiger partial charge in [0, 0.05) is 39.0 Å². The van der Waals surface area contributed by atoms with E-state index >= 15 is 0 Å². The predicted molar refractivity (Wildman–Crippen MR) is 72.3 cm³/mol. The molecule has 0 bridgehead atoms. The number of piperazine rings is 1. The van der Waals surface area contributed by atoms with Crippen LogP contribution in [0.3, 0.4) is 0 Å². The quantitative estimate of drug-likeness (QED) is 0.564. The van der Waals surface area contributed by atoms with Gasteiger partial charge in [-0.15, -0.1) is 0 Å². The van der Waals surface area contributed by atoms with Gasteiger partial charge >= 0.3 is 0 Å². The largest absolute Gasteiger partial charge is 0.377 e. The third-order valence-corrected chi connectivity index (χ3v) is 2.54. The van der Waals surface area contributed by atoms with Crippen molar-refractivity contribution in [1.29, 1.82) is 0 Å². The second-order valence-electron chi connectivity index (χ2n) is 4.62. The molecule has 0 aromatic heterocycles. The fourth-order valence-electron chi connectivity index (χ4n) is 1.73. The number of hydrogen-bond acceptors (Lipinski definition) is 4. The Balaban J connectivity index is 2.43. The highest BCUT2D eigenvalue weighted by Crippen LogP contribution is 2.07. The van der Waals surface area contributed by atoms with Gasteiger partial charge in [0.2, 0.25) is 0 Å². The van der Waals surface area contributed by atoms with Crippen LogP contribution in [0, 0.1) is 5.92 Å². The van der Waals surface area contributed by atoms with Crippen LogP contribution in [0.25, 0.3) is 0 Å². The van der Waals surface area contributed by atoms with Crippen molar-refractivity contribution >= 4 is 6.21 Å². The van der Waals surface area contributed by atoms with Crippen LogP contribution >= 0.6 is 0 Å². The average Bonchev–Trinajstić information content (AvgIpc) is 2.34. The zero-order chi connectivity index (χ0) is 12.5. The molecule has 0 aromatic carbocycles. The van der Waals surface area contributed by atoms with E-state index in [9.17, 15) is 0 Å². The van der Waals surface area contributed by atoms with E-state index in [1.807, 2.05) is 13.1 Å². The van der Waals surface area contributed by atoms with E-state index in [1.54, 1.807) is 0 Å². The van der Waals surface area contributed by atoms with E-state index in [4.69, 9.17) is 4.74 Å². The Kier molecular flexibility index (Phi) is 6.89. The maximum Gasteiger partial charge on any atom is 0.126 e. The zero-order valence-corrected chi connectivity index (χ0v) is 11.3. The molecule has 0 atom stereocenters. The fraction of sp³-hybridized carbons (Fsp3) is 0.769. The summed E-state index contributed by atoms with van der Waals surface area (Å²) in [6, 6.07) is 0. The molecule has 1 fully saturated rings. The van der Waals surface area contributed by atoms with E-state index in [1.165, 1.54) is 0 Å². The number of ether oxygens (including phenoxy) is 1. The SMILES string of the molecule is C/C=N\C(=C/COCC(C)C)N1CCNCC1. The summed E-state index contributed by atoms with van der Waals surface area (Å²) in [5, 5.41) is 3.34. The lowest BCUT2D eigenvalue weighted by molar-refractivity contribution is 0.133. The topological polar surface area (TPSA) is 36.9 Å². The molecule has 1 N–H and O–H groups in total. The third kappa shape index (κ3) is 5.84. The Morgan fingerprint density at radius 3 is 2.71 bits per heavy atom. The first-order valence-corrected chi connectivity index (χ1v) is 6.46. The van der Waals surface area contributed by atoms with Gasteiger partial charge in [-0.3, -0.25) is 0 Å². The Morgan fingerprint density at radius 2 is 2.12 bits per heavy atom. The molecule has 1 heterocycles. The van der Waals surface area contributed by atoms with Crippen molar-refractivity contribution in [2.24, 2.45) is 10.9 Å². The first-order valence-electron chi connectivity index (χ1n) is 6.46. The number of hydrogen-bond donors (Lipinski definition) is 1. The minimum absolute atomic E-state index is 0.584. The van der Waals surface area contributed by atoms with Crippen molar-refractivity contribution in [2.45, 2.75) is 20.8 Å². The Morgan fingerprint density at radius 1 is 1.41 bits per heavy atom. The van der Waals surface area contributed by atoms with Crippen molar-refractivity contribution in [3.8, 4) is 0 Å². The third-order valence-electron chi connectivity index (χ3n) is 2.54. The van der Waals surface area contributed by atoms with Crippen molar-refractivity contribution in [3.05, 3.63) is 11.9 Å². The van der Waals surface area contributed by atoms with Crippen LogP contribution in [0.5, 0.6) is 0 Å². The van der Waals surface area contributed by atoms with Gasteiger partial charge in [-0.1, -0.05) is 13.8 Å². The zero-order valence-electron chi connectivity index (χ0n) is 11.3. The van der Waals surface area contributed by atoms with Gasteiger partial charge in [0.1, 0.15) is 5.82 Å². The highest BCUT2D eigenvalue weighted by molar-refractivity contribution is 5.55. The first kappa shape index (κ1) is 14.2. The molecular formula is C13H25N3O. The lowest BCUT2D eigenvalue weighted by Gasteiger charge is -2.29.